The first-order chi connectivity index (χ1) is 12.6. The fraction of sp³-hybridized carbons (Fsp3) is 0.412. The second-order valence-corrected chi connectivity index (χ2v) is 5.89. The second kappa shape index (κ2) is 7.85. The molecule has 1 N–H and O–H groups in total. The summed E-state index contributed by atoms with van der Waals surface area (Å²) in [6, 6.07) is 5.17. The van der Waals surface area contributed by atoms with Crippen molar-refractivity contribution in [3.05, 3.63) is 34.6 Å². The SMILES string of the molecule is COc1ccc(OC)c(Nc2ncnc(N3CCCCC3)c2[N+](=O)[O-])c1. The number of ether oxygens (including phenoxy) is 2. The molecule has 138 valence electrons. The zero-order chi connectivity index (χ0) is 18.5. The molecule has 1 aromatic carbocycles. The lowest BCUT2D eigenvalue weighted by atomic mass is 10.1. The summed E-state index contributed by atoms with van der Waals surface area (Å²) >= 11 is 0. The molecule has 9 nitrogen and oxygen atoms in total. The minimum Gasteiger partial charge on any atom is -0.497 e. The lowest BCUT2D eigenvalue weighted by molar-refractivity contribution is -0.383. The number of hydrogen-bond acceptors (Lipinski definition) is 8. The fourth-order valence-electron chi connectivity index (χ4n) is 3.01. The number of benzene rings is 1. The van der Waals surface area contributed by atoms with Gasteiger partial charge < -0.3 is 19.7 Å². The average Bonchev–Trinajstić information content (AvgIpc) is 2.68. The number of hydrogen-bond donors (Lipinski definition) is 1. The molecule has 1 aliphatic rings. The molecule has 9 heteroatoms. The van der Waals surface area contributed by atoms with Crippen molar-refractivity contribution in [2.45, 2.75) is 19.3 Å². The van der Waals surface area contributed by atoms with Crippen LogP contribution in [0.2, 0.25) is 0 Å². The monoisotopic (exact) mass is 359 g/mol. The highest BCUT2D eigenvalue weighted by Crippen LogP contribution is 2.37. The molecule has 26 heavy (non-hydrogen) atoms. The highest BCUT2D eigenvalue weighted by molar-refractivity contribution is 5.77. The number of nitrogens with zero attached hydrogens (tertiary/aromatic N) is 4. The fourth-order valence-corrected chi connectivity index (χ4v) is 3.01. The summed E-state index contributed by atoms with van der Waals surface area (Å²) in [5.74, 6) is 1.59. The van der Waals surface area contributed by atoms with E-state index in [1.807, 2.05) is 4.90 Å². The number of aromatic nitrogens is 2. The first kappa shape index (κ1) is 17.7. The van der Waals surface area contributed by atoms with Crippen molar-refractivity contribution in [2.24, 2.45) is 0 Å². The van der Waals surface area contributed by atoms with E-state index in [1.165, 1.54) is 13.4 Å². The van der Waals surface area contributed by atoms with E-state index in [4.69, 9.17) is 9.47 Å². The van der Waals surface area contributed by atoms with E-state index >= 15 is 0 Å². The first-order valence-corrected chi connectivity index (χ1v) is 8.37. The van der Waals surface area contributed by atoms with Crippen molar-refractivity contribution in [3.8, 4) is 11.5 Å². The summed E-state index contributed by atoms with van der Waals surface area (Å²) in [5.41, 5.74) is 0.387. The molecule has 1 aliphatic heterocycles. The molecule has 2 aromatic rings. The number of piperidine rings is 1. The van der Waals surface area contributed by atoms with E-state index in [0.29, 0.717) is 23.0 Å². The summed E-state index contributed by atoms with van der Waals surface area (Å²) in [6.45, 7) is 1.50. The Labute approximate surface area is 151 Å². The highest BCUT2D eigenvalue weighted by Gasteiger charge is 2.28. The molecule has 0 aliphatic carbocycles. The van der Waals surface area contributed by atoms with Gasteiger partial charge in [0, 0.05) is 19.2 Å². The summed E-state index contributed by atoms with van der Waals surface area (Å²) in [6.07, 6.45) is 4.45. The maximum atomic E-state index is 11.8. The number of methoxy groups -OCH3 is 2. The Kier molecular flexibility index (Phi) is 5.35. The molecule has 1 saturated heterocycles. The summed E-state index contributed by atoms with van der Waals surface area (Å²) in [4.78, 5) is 21.5. The van der Waals surface area contributed by atoms with Crippen LogP contribution in [0.25, 0.3) is 0 Å². The third kappa shape index (κ3) is 3.61. The van der Waals surface area contributed by atoms with Crippen molar-refractivity contribution < 1.29 is 14.4 Å². The quantitative estimate of drug-likeness (QED) is 0.620. The largest absolute Gasteiger partial charge is 0.497 e. The lowest BCUT2D eigenvalue weighted by Crippen LogP contribution is -2.31. The molecule has 0 unspecified atom stereocenters. The van der Waals surface area contributed by atoms with Crippen molar-refractivity contribution in [1.82, 2.24) is 9.97 Å². The predicted octanol–water partition coefficient (Wildman–Crippen LogP) is 3.14. The van der Waals surface area contributed by atoms with Crippen LogP contribution in [0.4, 0.5) is 23.0 Å². The molecule has 2 heterocycles. The van der Waals surface area contributed by atoms with Gasteiger partial charge in [0.15, 0.2) is 0 Å². The van der Waals surface area contributed by atoms with E-state index in [0.717, 1.165) is 32.4 Å². The molecular weight excluding hydrogens is 338 g/mol. The van der Waals surface area contributed by atoms with Crippen molar-refractivity contribution in [3.63, 3.8) is 0 Å². The van der Waals surface area contributed by atoms with Gasteiger partial charge in [-0.1, -0.05) is 0 Å². The van der Waals surface area contributed by atoms with E-state index in [2.05, 4.69) is 15.3 Å². The minimum absolute atomic E-state index is 0.122. The Hall–Kier alpha value is -3.10. The van der Waals surface area contributed by atoms with Gasteiger partial charge in [-0.05, 0) is 31.4 Å². The molecule has 1 fully saturated rings. The summed E-state index contributed by atoms with van der Waals surface area (Å²) in [5, 5.41) is 14.8. The molecule has 0 saturated carbocycles. The molecule has 1 aromatic heterocycles. The molecule has 3 rings (SSSR count). The zero-order valence-corrected chi connectivity index (χ0v) is 14.8. The molecule has 0 bridgehead atoms. The molecule has 0 amide bonds. The van der Waals surface area contributed by atoms with Crippen LogP contribution >= 0.6 is 0 Å². The van der Waals surface area contributed by atoms with Crippen molar-refractivity contribution in [2.75, 3.05) is 37.5 Å². The van der Waals surface area contributed by atoms with E-state index in [9.17, 15) is 10.1 Å². The Bertz CT molecular complexity index is 793. The highest BCUT2D eigenvalue weighted by atomic mass is 16.6. The number of nitro groups is 1. The Morgan fingerprint density at radius 3 is 2.58 bits per heavy atom. The molecular formula is C17H21N5O4. The van der Waals surface area contributed by atoms with Gasteiger partial charge in [-0.3, -0.25) is 10.1 Å². The van der Waals surface area contributed by atoms with Gasteiger partial charge in [-0.25, -0.2) is 9.97 Å². The third-order valence-electron chi connectivity index (χ3n) is 4.30. The van der Waals surface area contributed by atoms with Crippen molar-refractivity contribution >= 4 is 23.0 Å². The van der Waals surface area contributed by atoms with Crippen LogP contribution < -0.4 is 19.7 Å². The minimum atomic E-state index is -0.446. The first-order valence-electron chi connectivity index (χ1n) is 8.37. The predicted molar refractivity (Wildman–Crippen MR) is 97.6 cm³/mol. The van der Waals surface area contributed by atoms with Crippen molar-refractivity contribution in [1.29, 1.82) is 0 Å². The van der Waals surface area contributed by atoms with Gasteiger partial charge in [0.1, 0.15) is 17.8 Å². The molecule has 0 radical (unpaired) electrons. The van der Waals surface area contributed by atoms with E-state index in [-0.39, 0.29) is 11.5 Å². The standard InChI is InChI=1S/C17H21N5O4/c1-25-12-6-7-14(26-2)13(10-12)20-16-15(22(23)24)17(19-11-18-16)21-8-4-3-5-9-21/h6-7,10-11H,3-5,8-9H2,1-2H3,(H,18,19,20). The maximum absolute atomic E-state index is 11.8. The molecule has 0 atom stereocenters. The van der Waals surface area contributed by atoms with Crippen LogP contribution in [-0.2, 0) is 0 Å². The van der Waals surface area contributed by atoms with Crippen LogP contribution in [0, 0.1) is 10.1 Å². The topological polar surface area (TPSA) is 103 Å². The Balaban J connectivity index is 2.01. The Morgan fingerprint density at radius 1 is 1.15 bits per heavy atom. The Morgan fingerprint density at radius 2 is 1.92 bits per heavy atom. The summed E-state index contributed by atoms with van der Waals surface area (Å²) < 4.78 is 10.5. The van der Waals surface area contributed by atoms with Gasteiger partial charge in [-0.15, -0.1) is 0 Å². The number of anilines is 3. The maximum Gasteiger partial charge on any atom is 0.353 e. The smallest absolute Gasteiger partial charge is 0.353 e. The average molecular weight is 359 g/mol. The van der Waals surface area contributed by atoms with E-state index in [1.54, 1.807) is 25.3 Å². The van der Waals surface area contributed by atoms with Crippen LogP contribution in [0.5, 0.6) is 11.5 Å². The summed E-state index contributed by atoms with van der Waals surface area (Å²) in [7, 11) is 3.08. The molecule has 0 spiro atoms. The van der Waals surface area contributed by atoms with Gasteiger partial charge in [0.05, 0.1) is 24.8 Å². The second-order valence-electron chi connectivity index (χ2n) is 5.89. The van der Waals surface area contributed by atoms with Gasteiger partial charge in [0.2, 0.25) is 11.6 Å². The third-order valence-corrected chi connectivity index (χ3v) is 4.30. The number of rotatable bonds is 6. The zero-order valence-electron chi connectivity index (χ0n) is 14.8. The normalized spacial score (nSPS) is 14.0. The van der Waals surface area contributed by atoms with Crippen LogP contribution in [0.3, 0.4) is 0 Å². The van der Waals surface area contributed by atoms with E-state index < -0.39 is 4.92 Å². The lowest BCUT2D eigenvalue weighted by Gasteiger charge is -2.27. The number of nitrogens with one attached hydrogen (secondary N) is 1. The van der Waals surface area contributed by atoms with Crippen LogP contribution in [-0.4, -0.2) is 42.2 Å². The van der Waals surface area contributed by atoms with Crippen LogP contribution in [0.1, 0.15) is 19.3 Å². The van der Waals surface area contributed by atoms with Gasteiger partial charge >= 0.3 is 5.69 Å². The van der Waals surface area contributed by atoms with Gasteiger partial charge in [-0.2, -0.15) is 0 Å². The van der Waals surface area contributed by atoms with Crippen LogP contribution in [0.15, 0.2) is 24.5 Å². The van der Waals surface area contributed by atoms with Gasteiger partial charge in [0.25, 0.3) is 0 Å².